The highest BCUT2D eigenvalue weighted by Gasteiger charge is 2.15. The number of nitrogens with one attached hydrogen (secondary N) is 2. The Kier molecular flexibility index (Phi) is 4.29. The molecule has 1 aromatic rings. The predicted molar refractivity (Wildman–Crippen MR) is 75.3 cm³/mol. The Bertz CT molecular complexity index is 540. The summed E-state index contributed by atoms with van der Waals surface area (Å²) in [7, 11) is -3.46. The maximum atomic E-state index is 13.5. The molecule has 106 valence electrons. The molecule has 0 atom stereocenters. The van der Waals surface area contributed by atoms with E-state index < -0.39 is 15.8 Å². The lowest BCUT2D eigenvalue weighted by molar-refractivity contribution is 0.579. The molecule has 0 aromatic heterocycles. The minimum absolute atomic E-state index is 0.0149. The van der Waals surface area contributed by atoms with Gasteiger partial charge in [-0.15, -0.1) is 0 Å². The summed E-state index contributed by atoms with van der Waals surface area (Å²) < 4.78 is 37.9. The lowest BCUT2D eigenvalue weighted by Crippen LogP contribution is -2.13. The normalized spacial score (nSPS) is 16.5. The number of anilines is 2. The Morgan fingerprint density at radius 2 is 2.00 bits per heavy atom. The van der Waals surface area contributed by atoms with Gasteiger partial charge < -0.3 is 5.32 Å². The third-order valence-corrected chi connectivity index (χ3v) is 3.92. The van der Waals surface area contributed by atoms with Crippen molar-refractivity contribution in [2.75, 3.05) is 22.8 Å². The summed E-state index contributed by atoms with van der Waals surface area (Å²) in [5, 5.41) is 3.24. The zero-order chi connectivity index (χ0) is 13.9. The molecule has 1 aliphatic rings. The van der Waals surface area contributed by atoms with Crippen LogP contribution in [0.3, 0.4) is 0 Å². The van der Waals surface area contributed by atoms with Crippen LogP contribution in [-0.2, 0) is 10.0 Å². The van der Waals surface area contributed by atoms with Crippen molar-refractivity contribution in [2.24, 2.45) is 5.92 Å². The molecule has 4 nitrogen and oxygen atoms in total. The van der Waals surface area contributed by atoms with Crippen LogP contribution in [0, 0.1) is 11.7 Å². The van der Waals surface area contributed by atoms with Crippen molar-refractivity contribution in [2.45, 2.75) is 25.7 Å². The zero-order valence-corrected chi connectivity index (χ0v) is 11.8. The SMILES string of the molecule is CS(=O)(=O)Nc1cc(NCC2CCCC2)ccc1F. The van der Waals surface area contributed by atoms with Gasteiger partial charge in [-0.25, -0.2) is 12.8 Å². The first-order valence-electron chi connectivity index (χ1n) is 6.45. The molecule has 19 heavy (non-hydrogen) atoms. The number of hydrogen-bond donors (Lipinski definition) is 2. The molecule has 1 aliphatic carbocycles. The van der Waals surface area contributed by atoms with Crippen molar-refractivity contribution >= 4 is 21.4 Å². The lowest BCUT2D eigenvalue weighted by atomic mass is 10.1. The molecule has 6 heteroatoms. The van der Waals surface area contributed by atoms with Gasteiger partial charge in [0.1, 0.15) is 5.82 Å². The van der Waals surface area contributed by atoms with Gasteiger partial charge in [-0.1, -0.05) is 12.8 Å². The highest BCUT2D eigenvalue weighted by molar-refractivity contribution is 7.92. The van der Waals surface area contributed by atoms with Crippen molar-refractivity contribution in [3.63, 3.8) is 0 Å². The molecule has 0 heterocycles. The van der Waals surface area contributed by atoms with Gasteiger partial charge in [0, 0.05) is 12.2 Å². The van der Waals surface area contributed by atoms with Gasteiger partial charge in [0.25, 0.3) is 0 Å². The summed E-state index contributed by atoms with van der Waals surface area (Å²) in [6.45, 7) is 0.851. The molecule has 2 N–H and O–H groups in total. The van der Waals surface area contributed by atoms with Crippen LogP contribution in [0.15, 0.2) is 18.2 Å². The van der Waals surface area contributed by atoms with Gasteiger partial charge in [0.15, 0.2) is 0 Å². The molecule has 0 unspecified atom stereocenters. The van der Waals surface area contributed by atoms with E-state index in [0.717, 1.165) is 18.5 Å². The highest BCUT2D eigenvalue weighted by Crippen LogP contribution is 2.26. The second kappa shape index (κ2) is 5.77. The Labute approximate surface area is 113 Å². The summed E-state index contributed by atoms with van der Waals surface area (Å²) in [5.74, 6) is 0.0909. The fourth-order valence-corrected chi connectivity index (χ4v) is 2.95. The molecule has 0 saturated heterocycles. The molecule has 1 aromatic carbocycles. The van der Waals surface area contributed by atoms with Gasteiger partial charge in [-0.2, -0.15) is 0 Å². The largest absolute Gasteiger partial charge is 0.385 e. The van der Waals surface area contributed by atoms with E-state index in [2.05, 4.69) is 10.0 Å². The zero-order valence-electron chi connectivity index (χ0n) is 10.9. The molecule has 2 rings (SSSR count). The molecular formula is C13H19FN2O2S. The van der Waals surface area contributed by atoms with E-state index >= 15 is 0 Å². The Hall–Kier alpha value is -1.30. The number of hydrogen-bond acceptors (Lipinski definition) is 3. The van der Waals surface area contributed by atoms with Gasteiger partial charge in [0.05, 0.1) is 11.9 Å². The van der Waals surface area contributed by atoms with Crippen LogP contribution in [0.1, 0.15) is 25.7 Å². The molecule has 0 spiro atoms. The second-order valence-electron chi connectivity index (χ2n) is 5.10. The highest BCUT2D eigenvalue weighted by atomic mass is 32.2. The first-order chi connectivity index (χ1) is 8.94. The molecule has 1 saturated carbocycles. The van der Waals surface area contributed by atoms with Crippen molar-refractivity contribution in [1.82, 2.24) is 0 Å². The topological polar surface area (TPSA) is 58.2 Å². The molecule has 0 bridgehead atoms. The van der Waals surface area contributed by atoms with Crippen LogP contribution in [0.25, 0.3) is 0 Å². The summed E-state index contributed by atoms with van der Waals surface area (Å²) in [5.41, 5.74) is 0.721. The smallest absolute Gasteiger partial charge is 0.229 e. The monoisotopic (exact) mass is 286 g/mol. The Morgan fingerprint density at radius 3 is 2.63 bits per heavy atom. The third-order valence-electron chi connectivity index (χ3n) is 3.33. The minimum Gasteiger partial charge on any atom is -0.385 e. The van der Waals surface area contributed by atoms with Crippen LogP contribution in [0.2, 0.25) is 0 Å². The van der Waals surface area contributed by atoms with Gasteiger partial charge in [-0.05, 0) is 37.0 Å². The number of benzene rings is 1. The number of halogens is 1. The molecule has 0 aliphatic heterocycles. The number of rotatable bonds is 5. The van der Waals surface area contributed by atoms with E-state index in [0.29, 0.717) is 5.92 Å². The third kappa shape index (κ3) is 4.38. The summed E-state index contributed by atoms with van der Waals surface area (Å²) in [6, 6.07) is 4.38. The maximum absolute atomic E-state index is 13.5. The van der Waals surface area contributed by atoms with Crippen molar-refractivity contribution in [3.8, 4) is 0 Å². The van der Waals surface area contributed by atoms with Crippen LogP contribution in [0.5, 0.6) is 0 Å². The summed E-state index contributed by atoms with van der Waals surface area (Å²) in [6.07, 6.45) is 6.00. The summed E-state index contributed by atoms with van der Waals surface area (Å²) in [4.78, 5) is 0. The van der Waals surface area contributed by atoms with E-state index in [1.165, 1.54) is 37.8 Å². The molecular weight excluding hydrogens is 267 g/mol. The van der Waals surface area contributed by atoms with E-state index in [9.17, 15) is 12.8 Å². The van der Waals surface area contributed by atoms with Gasteiger partial charge >= 0.3 is 0 Å². The van der Waals surface area contributed by atoms with Crippen LogP contribution < -0.4 is 10.0 Å². The lowest BCUT2D eigenvalue weighted by Gasteiger charge is -2.13. The average molecular weight is 286 g/mol. The Balaban J connectivity index is 2.03. The van der Waals surface area contributed by atoms with Crippen LogP contribution in [-0.4, -0.2) is 21.2 Å². The number of sulfonamides is 1. The second-order valence-corrected chi connectivity index (χ2v) is 6.85. The van der Waals surface area contributed by atoms with E-state index in [1.54, 1.807) is 6.07 Å². The average Bonchev–Trinajstić information content (AvgIpc) is 2.81. The van der Waals surface area contributed by atoms with Crippen molar-refractivity contribution < 1.29 is 12.8 Å². The van der Waals surface area contributed by atoms with Crippen LogP contribution in [0.4, 0.5) is 15.8 Å². The first-order valence-corrected chi connectivity index (χ1v) is 8.34. The molecule has 0 radical (unpaired) electrons. The minimum atomic E-state index is -3.46. The van der Waals surface area contributed by atoms with E-state index in [4.69, 9.17) is 0 Å². The van der Waals surface area contributed by atoms with Gasteiger partial charge in [-0.3, -0.25) is 4.72 Å². The van der Waals surface area contributed by atoms with Gasteiger partial charge in [0.2, 0.25) is 10.0 Å². The predicted octanol–water partition coefficient (Wildman–Crippen LogP) is 2.80. The van der Waals surface area contributed by atoms with E-state index in [1.807, 2.05) is 0 Å². The Morgan fingerprint density at radius 1 is 1.32 bits per heavy atom. The molecule has 0 amide bonds. The van der Waals surface area contributed by atoms with Crippen molar-refractivity contribution in [3.05, 3.63) is 24.0 Å². The first kappa shape index (κ1) is 14.1. The molecule has 1 fully saturated rings. The fraction of sp³-hybridized carbons (Fsp3) is 0.538. The standard InChI is InChI=1S/C13H19FN2O2S/c1-19(17,18)16-13-8-11(6-7-12(13)14)15-9-10-4-2-3-5-10/h6-8,10,15-16H,2-5,9H2,1H3. The van der Waals surface area contributed by atoms with E-state index in [-0.39, 0.29) is 5.69 Å². The van der Waals surface area contributed by atoms with Crippen LogP contribution >= 0.6 is 0 Å². The quantitative estimate of drug-likeness (QED) is 0.875. The van der Waals surface area contributed by atoms with Crippen molar-refractivity contribution in [1.29, 1.82) is 0 Å². The fourth-order valence-electron chi connectivity index (χ4n) is 2.39. The summed E-state index contributed by atoms with van der Waals surface area (Å²) >= 11 is 0. The maximum Gasteiger partial charge on any atom is 0.229 e.